The van der Waals surface area contributed by atoms with Crippen molar-refractivity contribution in [3.8, 4) is 16.5 Å². The van der Waals surface area contributed by atoms with Gasteiger partial charge in [-0.25, -0.2) is 13.1 Å². The first kappa shape index (κ1) is 47.0. The highest BCUT2D eigenvalue weighted by molar-refractivity contribution is 7.89. The number of nitrogens with zero attached hydrogens (tertiary/aromatic N) is 8. The summed E-state index contributed by atoms with van der Waals surface area (Å²) < 4.78 is 44.1. The van der Waals surface area contributed by atoms with Crippen molar-refractivity contribution in [3.63, 3.8) is 0 Å². The van der Waals surface area contributed by atoms with Crippen LogP contribution in [0.3, 0.4) is 0 Å². The number of hydrogen-bond acceptors (Lipinski definition) is 12. The molecule has 1 aliphatic heterocycles. The third-order valence-electron chi connectivity index (χ3n) is 12.0. The van der Waals surface area contributed by atoms with Crippen molar-refractivity contribution in [2.24, 2.45) is 12.0 Å². The van der Waals surface area contributed by atoms with E-state index in [-0.39, 0.29) is 36.8 Å². The predicted molar refractivity (Wildman–Crippen MR) is 256 cm³/mol. The lowest BCUT2D eigenvalue weighted by molar-refractivity contribution is -0.137. The van der Waals surface area contributed by atoms with Crippen LogP contribution in [0.25, 0.3) is 16.0 Å². The fraction of sp³-hybridized carbons (Fsp3) is 0.312. The van der Waals surface area contributed by atoms with Gasteiger partial charge in [0.05, 0.1) is 37.2 Å². The Hall–Kier alpha value is -6.47. The molecule has 1 unspecified atom stereocenters. The number of carbonyl (C=O) groups excluding carboxylic acids is 1. The van der Waals surface area contributed by atoms with Gasteiger partial charge in [-0.2, -0.15) is 4.31 Å². The van der Waals surface area contributed by atoms with Crippen LogP contribution in [0.4, 0.5) is 0 Å². The number of carbonyl (C=O) groups is 2. The van der Waals surface area contributed by atoms with Gasteiger partial charge in [-0.3, -0.25) is 19.1 Å². The first-order chi connectivity index (χ1) is 32.0. The van der Waals surface area contributed by atoms with E-state index in [1.54, 1.807) is 41.3 Å². The maximum Gasteiger partial charge on any atom is 0.304 e. The Labute approximate surface area is 397 Å². The summed E-state index contributed by atoms with van der Waals surface area (Å²) in [5.74, 6) is 0.543. The minimum absolute atomic E-state index is 0.0451. The molecule has 1 aliphatic rings. The number of sulfonamides is 1. The average Bonchev–Trinajstić information content (AvgIpc) is 3.94. The molecule has 2 N–H and O–H groups in total. The smallest absolute Gasteiger partial charge is 0.304 e. The van der Waals surface area contributed by atoms with Crippen LogP contribution < -0.4 is 14.8 Å². The fourth-order valence-electron chi connectivity index (χ4n) is 8.30. The quantitative estimate of drug-likeness (QED) is 0.0846. The van der Waals surface area contributed by atoms with Gasteiger partial charge in [0.1, 0.15) is 39.4 Å². The van der Waals surface area contributed by atoms with Gasteiger partial charge in [0, 0.05) is 54.1 Å². The maximum absolute atomic E-state index is 13.8. The number of aromatic nitrogens is 6. The monoisotopic (exact) mass is 963 g/mol. The molecule has 0 aliphatic carbocycles. The largest absolute Gasteiger partial charge is 0.494 e. The Morgan fingerprint density at radius 2 is 1.72 bits per heavy atom. The van der Waals surface area contributed by atoms with Crippen molar-refractivity contribution in [3.05, 3.63) is 139 Å². The van der Waals surface area contributed by atoms with E-state index in [1.807, 2.05) is 66.9 Å². The molecule has 0 fully saturated rings. The Morgan fingerprint density at radius 3 is 2.43 bits per heavy atom. The third-order valence-corrected chi connectivity index (χ3v) is 15.3. The zero-order valence-electron chi connectivity index (χ0n) is 38.1. The average molecular weight is 965 g/mol. The molecule has 19 heteroatoms. The van der Waals surface area contributed by atoms with E-state index < -0.39 is 28.0 Å². The molecule has 0 saturated heterocycles. The number of fused-ring (bicyclic) bond motifs is 4. The van der Waals surface area contributed by atoms with Gasteiger partial charge in [0.15, 0.2) is 5.82 Å². The molecule has 4 heterocycles. The number of carboxylic acids is 1. The Morgan fingerprint density at radius 1 is 0.970 bits per heavy atom. The molecule has 0 bridgehead atoms. The number of benzene rings is 4. The first-order valence-corrected chi connectivity index (χ1v) is 24.2. The topological polar surface area (TPSA) is 196 Å². The van der Waals surface area contributed by atoms with E-state index in [9.17, 15) is 23.1 Å². The molecule has 67 heavy (non-hydrogen) atoms. The fourth-order valence-corrected chi connectivity index (χ4v) is 10.8. The van der Waals surface area contributed by atoms with Crippen LogP contribution in [-0.4, -0.2) is 92.5 Å². The highest BCUT2D eigenvalue weighted by Gasteiger charge is 2.33. The van der Waals surface area contributed by atoms with Crippen molar-refractivity contribution in [1.29, 1.82) is 0 Å². The molecule has 8 rings (SSSR count). The van der Waals surface area contributed by atoms with E-state index in [2.05, 4.69) is 39.7 Å². The molecule has 1 amide bonds. The van der Waals surface area contributed by atoms with Gasteiger partial charge < -0.3 is 19.9 Å². The SMILES string of the molecule is COc1cc(C(CC(=O)O)c2ccc(C)c(CN(C)S(=O)(=O)c3ccc(OCCCNC(=O)C[C@@H]4N=C(c5ccc(Cl)cc5)c5c(sc(C)c5C)-n5c(C)nnc54)cc3)c2)cc2nnn(C)c12. The van der Waals surface area contributed by atoms with Gasteiger partial charge in [0.2, 0.25) is 15.9 Å². The van der Waals surface area contributed by atoms with Crippen molar-refractivity contribution < 1.29 is 32.6 Å². The van der Waals surface area contributed by atoms with E-state index in [4.69, 9.17) is 26.1 Å². The lowest BCUT2D eigenvalue weighted by atomic mass is 9.86. The van der Waals surface area contributed by atoms with Gasteiger partial charge in [0.25, 0.3) is 0 Å². The molecule has 0 radical (unpaired) electrons. The number of aliphatic imine (C=N–C) groups is 1. The highest BCUT2D eigenvalue weighted by atomic mass is 35.5. The Bertz CT molecular complexity index is 3150. The number of thiophene rings is 1. The minimum atomic E-state index is -3.94. The number of carboxylic acid groups (broad SMARTS) is 1. The zero-order valence-corrected chi connectivity index (χ0v) is 40.5. The number of halogens is 1. The first-order valence-electron chi connectivity index (χ1n) is 21.5. The van der Waals surface area contributed by atoms with Crippen LogP contribution in [0.1, 0.15) is 86.7 Å². The zero-order chi connectivity index (χ0) is 47.7. The summed E-state index contributed by atoms with van der Waals surface area (Å²) in [5.41, 5.74) is 7.99. The second kappa shape index (κ2) is 19.4. The standard InChI is InChI=1S/C48H50ClN9O7S2/c1-27-9-10-32(38(24-43(60)61)33-22-39-46(41(23-33)64-7)57(6)55-53-39)21-34(27)26-56(5)67(62,63)37-17-15-36(16-18-37)65-20-8-19-50-42(59)25-40-47-54-52-30(4)58(47)48-44(28(2)29(3)66-48)45(51-40)31-11-13-35(49)14-12-31/h9-18,21-23,38,40H,8,19-20,24-26H2,1-7H3,(H,50,59)(H,60,61)/t38?,40-/m0/s1. The molecule has 0 spiro atoms. The third kappa shape index (κ3) is 9.70. The summed E-state index contributed by atoms with van der Waals surface area (Å²) in [6.07, 6.45) is 0.345. The molecular weight excluding hydrogens is 914 g/mol. The number of methoxy groups -OCH3 is 1. The van der Waals surface area contributed by atoms with Crippen LogP contribution in [0.5, 0.6) is 11.5 Å². The van der Waals surface area contributed by atoms with Crippen LogP contribution in [-0.2, 0) is 33.2 Å². The minimum Gasteiger partial charge on any atom is -0.494 e. The lowest BCUT2D eigenvalue weighted by Gasteiger charge is -2.22. The second-order valence-corrected chi connectivity index (χ2v) is 20.2. The Kier molecular flexibility index (Phi) is 13.6. The molecular formula is C48H50ClN9O7S2. The van der Waals surface area contributed by atoms with Crippen LogP contribution >= 0.6 is 22.9 Å². The Balaban J connectivity index is 0.881. The van der Waals surface area contributed by atoms with Gasteiger partial charge in [-0.15, -0.1) is 26.6 Å². The number of aliphatic carboxylic acids is 1. The number of hydrogen-bond donors (Lipinski definition) is 2. The highest BCUT2D eigenvalue weighted by Crippen LogP contribution is 2.40. The number of amides is 1. The molecule has 2 atom stereocenters. The lowest BCUT2D eigenvalue weighted by Crippen LogP contribution is -2.27. The predicted octanol–water partition coefficient (Wildman–Crippen LogP) is 7.80. The second-order valence-electron chi connectivity index (χ2n) is 16.5. The van der Waals surface area contributed by atoms with E-state index in [0.717, 1.165) is 43.4 Å². The normalized spacial score (nSPS) is 14.0. The summed E-state index contributed by atoms with van der Waals surface area (Å²) in [4.78, 5) is 32.0. The van der Waals surface area contributed by atoms with Crippen molar-refractivity contribution in [1.82, 2.24) is 39.4 Å². The van der Waals surface area contributed by atoms with Gasteiger partial charge in [-0.05, 0) is 110 Å². The summed E-state index contributed by atoms with van der Waals surface area (Å²) >= 11 is 7.89. The van der Waals surface area contributed by atoms with Crippen LogP contribution in [0.2, 0.25) is 5.02 Å². The number of ether oxygens (including phenoxy) is 2. The molecule has 348 valence electrons. The molecule has 7 aromatic rings. The number of aryl methyl sites for hydroxylation is 4. The molecule has 0 saturated carbocycles. The van der Waals surface area contributed by atoms with Crippen molar-refractivity contribution in [2.45, 2.75) is 70.4 Å². The van der Waals surface area contributed by atoms with E-state index >= 15 is 0 Å². The summed E-state index contributed by atoms with van der Waals surface area (Å²) in [7, 11) is 0.864. The number of rotatable bonds is 17. The van der Waals surface area contributed by atoms with Gasteiger partial charge >= 0.3 is 5.97 Å². The maximum atomic E-state index is 13.8. The van der Waals surface area contributed by atoms with Crippen molar-refractivity contribution >= 4 is 61.6 Å². The van der Waals surface area contributed by atoms with Gasteiger partial charge in [-0.1, -0.05) is 47.1 Å². The summed E-state index contributed by atoms with van der Waals surface area (Å²) in [5, 5.41) is 31.7. The summed E-state index contributed by atoms with van der Waals surface area (Å²) in [6, 6.07) is 22.4. The van der Waals surface area contributed by atoms with Crippen molar-refractivity contribution in [2.75, 3.05) is 27.3 Å². The molecule has 4 aromatic carbocycles. The van der Waals surface area contributed by atoms with E-state index in [0.29, 0.717) is 63.3 Å². The molecule has 16 nitrogen and oxygen atoms in total. The summed E-state index contributed by atoms with van der Waals surface area (Å²) in [6.45, 7) is 8.61. The van der Waals surface area contributed by atoms with Crippen LogP contribution in [0, 0.1) is 27.7 Å². The van der Waals surface area contributed by atoms with Crippen LogP contribution in [0.15, 0.2) is 88.8 Å². The molecule has 3 aromatic heterocycles. The van der Waals surface area contributed by atoms with E-state index in [1.165, 1.54) is 30.6 Å². The number of nitrogens with one attached hydrogen (secondary N) is 1.